The Bertz CT molecular complexity index is 415. The van der Waals surface area contributed by atoms with Crippen molar-refractivity contribution in [2.75, 3.05) is 19.8 Å². The molecule has 1 aliphatic rings. The summed E-state index contributed by atoms with van der Waals surface area (Å²) in [5.41, 5.74) is 0.169. The van der Waals surface area contributed by atoms with Crippen molar-refractivity contribution in [2.24, 2.45) is 0 Å². The number of ether oxygens (including phenoxy) is 1. The highest BCUT2D eigenvalue weighted by Crippen LogP contribution is 2.23. The molecule has 0 radical (unpaired) electrons. The highest BCUT2D eigenvalue weighted by Gasteiger charge is 2.29. The number of hydrogen-bond acceptors (Lipinski definition) is 6. The Morgan fingerprint density at radius 3 is 2.89 bits per heavy atom. The monoisotopic (exact) mass is 272 g/mol. The van der Waals surface area contributed by atoms with Crippen molar-refractivity contribution in [3.63, 3.8) is 0 Å². The zero-order valence-electron chi connectivity index (χ0n) is 9.92. The lowest BCUT2D eigenvalue weighted by molar-refractivity contribution is -0.380. The van der Waals surface area contributed by atoms with Crippen LogP contribution in [0.1, 0.15) is 18.4 Å². The van der Waals surface area contributed by atoms with E-state index in [9.17, 15) is 15.2 Å². The van der Waals surface area contributed by atoms with Crippen LogP contribution in [0.25, 0.3) is 0 Å². The lowest BCUT2D eigenvalue weighted by atomic mass is 9.94. The minimum absolute atomic E-state index is 0.150. The van der Waals surface area contributed by atoms with E-state index in [1.165, 1.54) is 0 Å². The second-order valence-corrected chi connectivity index (χ2v) is 5.38. The Morgan fingerprint density at radius 1 is 1.56 bits per heavy atom. The van der Waals surface area contributed by atoms with Gasteiger partial charge >= 0.3 is 5.00 Å². The summed E-state index contributed by atoms with van der Waals surface area (Å²) in [6, 6.07) is 1.56. The number of hydrogen-bond donors (Lipinski definition) is 2. The van der Waals surface area contributed by atoms with E-state index in [2.05, 4.69) is 5.32 Å². The quantitative estimate of drug-likeness (QED) is 0.623. The largest absolute Gasteiger partial charge is 0.388 e. The van der Waals surface area contributed by atoms with Gasteiger partial charge in [-0.25, -0.2) is 0 Å². The molecule has 0 spiro atoms. The van der Waals surface area contributed by atoms with Gasteiger partial charge in [-0.1, -0.05) is 11.3 Å². The fourth-order valence-electron chi connectivity index (χ4n) is 1.92. The minimum atomic E-state index is -0.708. The van der Waals surface area contributed by atoms with Crippen molar-refractivity contribution in [1.29, 1.82) is 0 Å². The van der Waals surface area contributed by atoms with E-state index in [1.54, 1.807) is 11.4 Å². The summed E-state index contributed by atoms with van der Waals surface area (Å²) in [4.78, 5) is 10.1. The predicted octanol–water partition coefficient (Wildman–Crippen LogP) is 1.29. The summed E-state index contributed by atoms with van der Waals surface area (Å²) in [6.45, 7) is 2.19. The average molecular weight is 272 g/mol. The molecular formula is C11H16N2O4S. The minimum Gasteiger partial charge on any atom is -0.388 e. The van der Waals surface area contributed by atoms with Crippen molar-refractivity contribution in [2.45, 2.75) is 25.0 Å². The summed E-state index contributed by atoms with van der Waals surface area (Å²) < 4.78 is 5.20. The van der Waals surface area contributed by atoms with Gasteiger partial charge in [0.15, 0.2) is 0 Å². The topological polar surface area (TPSA) is 84.6 Å². The first-order valence-corrected chi connectivity index (χ1v) is 6.70. The van der Waals surface area contributed by atoms with Gasteiger partial charge in [0.1, 0.15) is 0 Å². The highest BCUT2D eigenvalue weighted by atomic mass is 32.1. The Hall–Kier alpha value is -1.02. The number of thiophene rings is 1. The molecule has 1 fully saturated rings. The molecule has 1 aromatic rings. The van der Waals surface area contributed by atoms with Gasteiger partial charge in [-0.05, 0) is 5.56 Å². The number of rotatable bonds is 5. The number of nitro groups is 1. The van der Waals surface area contributed by atoms with Crippen LogP contribution in [0, 0.1) is 10.1 Å². The Labute approximate surface area is 109 Å². The molecule has 7 heteroatoms. The van der Waals surface area contributed by atoms with E-state index in [4.69, 9.17) is 4.74 Å². The van der Waals surface area contributed by atoms with Crippen LogP contribution in [-0.2, 0) is 11.3 Å². The summed E-state index contributed by atoms with van der Waals surface area (Å²) >= 11 is 1.12. The van der Waals surface area contributed by atoms with Crippen LogP contribution in [0.5, 0.6) is 0 Å². The zero-order chi connectivity index (χ0) is 13.0. The van der Waals surface area contributed by atoms with Gasteiger partial charge in [0.05, 0.1) is 10.5 Å². The van der Waals surface area contributed by atoms with Gasteiger partial charge in [-0.2, -0.15) is 0 Å². The maximum absolute atomic E-state index is 10.5. The molecule has 2 N–H and O–H groups in total. The first-order chi connectivity index (χ1) is 8.59. The Balaban J connectivity index is 1.78. The van der Waals surface area contributed by atoms with Crippen molar-refractivity contribution in [1.82, 2.24) is 5.32 Å². The predicted molar refractivity (Wildman–Crippen MR) is 67.7 cm³/mol. The molecule has 100 valence electrons. The lowest BCUT2D eigenvalue weighted by Gasteiger charge is -2.32. The second kappa shape index (κ2) is 5.75. The van der Waals surface area contributed by atoms with Crippen molar-refractivity contribution in [3.05, 3.63) is 27.1 Å². The molecule has 0 aliphatic carbocycles. The average Bonchev–Trinajstić information content (AvgIpc) is 2.78. The van der Waals surface area contributed by atoms with Gasteiger partial charge in [-0.15, -0.1) is 0 Å². The third-order valence-electron chi connectivity index (χ3n) is 3.03. The van der Waals surface area contributed by atoms with Crippen molar-refractivity contribution >= 4 is 16.3 Å². The number of nitrogens with one attached hydrogen (secondary N) is 1. The molecule has 0 amide bonds. The third-order valence-corrected chi connectivity index (χ3v) is 3.96. The van der Waals surface area contributed by atoms with Gasteiger partial charge in [-0.3, -0.25) is 10.1 Å². The maximum atomic E-state index is 10.5. The summed E-state index contributed by atoms with van der Waals surface area (Å²) in [5.74, 6) is 0. The van der Waals surface area contributed by atoms with Gasteiger partial charge < -0.3 is 15.2 Å². The molecule has 0 saturated carbocycles. The van der Waals surface area contributed by atoms with Crippen LogP contribution in [0.3, 0.4) is 0 Å². The van der Waals surface area contributed by atoms with E-state index in [-0.39, 0.29) is 9.92 Å². The smallest absolute Gasteiger partial charge is 0.324 e. The molecule has 6 nitrogen and oxygen atoms in total. The lowest BCUT2D eigenvalue weighted by Crippen LogP contribution is -2.44. The molecular weight excluding hydrogens is 256 g/mol. The summed E-state index contributed by atoms with van der Waals surface area (Å²) in [5, 5.41) is 25.8. The van der Waals surface area contributed by atoms with E-state index in [0.29, 0.717) is 39.1 Å². The molecule has 0 bridgehead atoms. The standard InChI is InChI=1S/C11H16N2O4S/c14-11(1-3-17-4-2-11)8-12-6-9-5-10(13(15)16)18-7-9/h5,7,12,14H,1-4,6,8H2. The van der Waals surface area contributed by atoms with Crippen molar-refractivity contribution < 1.29 is 14.8 Å². The van der Waals surface area contributed by atoms with E-state index < -0.39 is 5.60 Å². The molecule has 1 aromatic heterocycles. The highest BCUT2D eigenvalue weighted by molar-refractivity contribution is 7.13. The zero-order valence-corrected chi connectivity index (χ0v) is 10.7. The van der Waals surface area contributed by atoms with E-state index in [0.717, 1.165) is 16.9 Å². The van der Waals surface area contributed by atoms with E-state index >= 15 is 0 Å². The molecule has 18 heavy (non-hydrogen) atoms. The molecule has 1 saturated heterocycles. The van der Waals surface area contributed by atoms with Crippen LogP contribution in [0.15, 0.2) is 11.4 Å². The molecule has 0 aromatic carbocycles. The van der Waals surface area contributed by atoms with Gasteiger partial charge in [0.25, 0.3) is 0 Å². The molecule has 2 heterocycles. The van der Waals surface area contributed by atoms with Crippen LogP contribution in [-0.4, -0.2) is 35.4 Å². The molecule has 0 unspecified atom stereocenters. The Morgan fingerprint density at radius 2 is 2.28 bits per heavy atom. The fraction of sp³-hybridized carbons (Fsp3) is 0.636. The second-order valence-electron chi connectivity index (χ2n) is 4.49. The molecule has 2 rings (SSSR count). The van der Waals surface area contributed by atoms with Crippen LogP contribution in [0.4, 0.5) is 5.00 Å². The number of aliphatic hydroxyl groups is 1. The van der Waals surface area contributed by atoms with Crippen LogP contribution in [0.2, 0.25) is 0 Å². The van der Waals surface area contributed by atoms with Crippen molar-refractivity contribution in [3.8, 4) is 0 Å². The first-order valence-electron chi connectivity index (χ1n) is 5.82. The SMILES string of the molecule is O=[N+]([O-])c1cc(CNCC2(O)CCOCC2)cs1. The van der Waals surface area contributed by atoms with Gasteiger partial charge in [0, 0.05) is 50.6 Å². The van der Waals surface area contributed by atoms with Crippen LogP contribution < -0.4 is 5.32 Å². The van der Waals surface area contributed by atoms with E-state index in [1.807, 2.05) is 0 Å². The van der Waals surface area contributed by atoms with Crippen LogP contribution >= 0.6 is 11.3 Å². The molecule has 0 atom stereocenters. The summed E-state index contributed by atoms with van der Waals surface area (Å²) in [6.07, 6.45) is 1.26. The third kappa shape index (κ3) is 3.49. The number of nitrogens with zero attached hydrogens (tertiary/aromatic N) is 1. The first kappa shape index (κ1) is 13.4. The Kier molecular flexibility index (Phi) is 4.28. The maximum Gasteiger partial charge on any atom is 0.324 e. The normalized spacial score (nSPS) is 18.7. The van der Waals surface area contributed by atoms with Gasteiger partial charge in [0.2, 0.25) is 0 Å². The summed E-state index contributed by atoms with van der Waals surface area (Å²) in [7, 11) is 0. The fourth-order valence-corrected chi connectivity index (χ4v) is 2.65. The molecule has 1 aliphatic heterocycles.